The first kappa shape index (κ1) is 16.5. The van der Waals surface area contributed by atoms with Crippen LogP contribution < -0.4 is 5.73 Å². The van der Waals surface area contributed by atoms with E-state index >= 15 is 0 Å². The predicted octanol–water partition coefficient (Wildman–Crippen LogP) is 0.450. The maximum atomic E-state index is 11.6. The van der Waals surface area contributed by atoms with Gasteiger partial charge in [0.1, 0.15) is 16.4 Å². The summed E-state index contributed by atoms with van der Waals surface area (Å²) < 4.78 is 29.0. The lowest BCUT2D eigenvalue weighted by Crippen LogP contribution is -2.18. The van der Waals surface area contributed by atoms with Gasteiger partial charge in [0.15, 0.2) is 0 Å². The topological polar surface area (TPSA) is 104 Å². The number of hydrogen-bond donors (Lipinski definition) is 1. The molecule has 0 fully saturated rings. The van der Waals surface area contributed by atoms with Crippen molar-refractivity contribution in [2.45, 2.75) is 33.7 Å². The fourth-order valence-electron chi connectivity index (χ4n) is 1.64. The second-order valence-corrected chi connectivity index (χ2v) is 7.03. The average molecular weight is 303 g/mol. The van der Waals surface area contributed by atoms with Crippen LogP contribution in [0.15, 0.2) is 0 Å². The molecule has 0 amide bonds. The fraction of sp³-hybridized carbons (Fsp3) is 0.667. The lowest BCUT2D eigenvalue weighted by molar-refractivity contribution is -0.144. The summed E-state index contributed by atoms with van der Waals surface area (Å²) in [4.78, 5) is 11.6. The summed E-state index contributed by atoms with van der Waals surface area (Å²) in [5.41, 5.74) is 7.71. The second kappa shape index (κ2) is 6.74. The van der Waals surface area contributed by atoms with Crippen LogP contribution in [0.25, 0.3) is 0 Å². The Bertz CT molecular complexity index is 578. The van der Waals surface area contributed by atoms with Crippen molar-refractivity contribution in [2.75, 3.05) is 23.8 Å². The van der Waals surface area contributed by atoms with Crippen molar-refractivity contribution < 1.29 is 17.9 Å². The van der Waals surface area contributed by atoms with Crippen LogP contribution in [0.5, 0.6) is 0 Å². The summed E-state index contributed by atoms with van der Waals surface area (Å²) in [6.07, 6.45) is 0.307. The van der Waals surface area contributed by atoms with Gasteiger partial charge in [-0.1, -0.05) is 6.92 Å². The van der Waals surface area contributed by atoms with Gasteiger partial charge in [-0.2, -0.15) is 5.10 Å². The van der Waals surface area contributed by atoms with Crippen molar-refractivity contribution in [1.29, 1.82) is 0 Å². The van der Waals surface area contributed by atoms with Crippen LogP contribution in [0.3, 0.4) is 0 Å². The molecule has 0 radical (unpaired) electrons. The van der Waals surface area contributed by atoms with E-state index in [1.54, 1.807) is 20.8 Å². The van der Waals surface area contributed by atoms with Crippen molar-refractivity contribution in [1.82, 2.24) is 9.78 Å². The number of hydrogen-bond acceptors (Lipinski definition) is 6. The Morgan fingerprint density at radius 2 is 2.05 bits per heavy atom. The van der Waals surface area contributed by atoms with E-state index in [-0.39, 0.29) is 24.7 Å². The Kier molecular flexibility index (Phi) is 5.55. The molecular formula is C12H21N3O4S. The number of aromatic nitrogens is 2. The monoisotopic (exact) mass is 303 g/mol. The van der Waals surface area contributed by atoms with E-state index in [0.29, 0.717) is 23.5 Å². The van der Waals surface area contributed by atoms with Crippen LogP contribution in [-0.4, -0.2) is 42.3 Å². The van der Waals surface area contributed by atoms with E-state index in [1.165, 1.54) is 4.68 Å². The number of nitrogens with zero attached hydrogens (tertiary/aromatic N) is 2. The molecule has 0 atom stereocenters. The van der Waals surface area contributed by atoms with Crippen molar-refractivity contribution in [2.24, 2.45) is 0 Å². The highest BCUT2D eigenvalue weighted by Gasteiger charge is 2.13. The standard InChI is InChI=1S/C12H21N3O4S/c1-4-20(17,18)7-5-6-19-11(16)8-15-10(3)12(13)9(2)14-15/h4-8,13H2,1-3H3. The molecule has 0 bridgehead atoms. The molecule has 7 nitrogen and oxygen atoms in total. The van der Waals surface area contributed by atoms with Crippen molar-refractivity contribution in [3.05, 3.63) is 11.4 Å². The highest BCUT2D eigenvalue weighted by atomic mass is 32.2. The van der Waals surface area contributed by atoms with Gasteiger partial charge in [-0.3, -0.25) is 9.48 Å². The lowest BCUT2D eigenvalue weighted by Gasteiger charge is -2.06. The molecule has 0 unspecified atom stereocenters. The smallest absolute Gasteiger partial charge is 0.327 e. The van der Waals surface area contributed by atoms with Gasteiger partial charge >= 0.3 is 5.97 Å². The zero-order valence-electron chi connectivity index (χ0n) is 12.0. The van der Waals surface area contributed by atoms with Crippen LogP contribution in [0.2, 0.25) is 0 Å². The number of carbonyl (C=O) groups excluding carboxylic acids is 1. The Morgan fingerprint density at radius 1 is 1.40 bits per heavy atom. The van der Waals surface area contributed by atoms with Gasteiger partial charge in [0.2, 0.25) is 0 Å². The Labute approximate surface area is 119 Å². The number of nitrogens with two attached hydrogens (primary N) is 1. The van der Waals surface area contributed by atoms with Gasteiger partial charge in [-0.05, 0) is 20.3 Å². The molecule has 0 spiro atoms. The average Bonchev–Trinajstić information content (AvgIpc) is 2.62. The minimum Gasteiger partial charge on any atom is -0.464 e. The molecule has 0 aliphatic heterocycles. The molecule has 2 N–H and O–H groups in total. The Hall–Kier alpha value is -1.57. The van der Waals surface area contributed by atoms with Crippen LogP contribution in [-0.2, 0) is 25.9 Å². The van der Waals surface area contributed by atoms with Gasteiger partial charge < -0.3 is 10.5 Å². The molecule has 0 aliphatic rings. The minimum atomic E-state index is -3.01. The maximum Gasteiger partial charge on any atom is 0.327 e. The van der Waals surface area contributed by atoms with E-state index in [0.717, 1.165) is 0 Å². The zero-order chi connectivity index (χ0) is 15.3. The first-order valence-electron chi connectivity index (χ1n) is 6.42. The molecule has 0 saturated heterocycles. The molecule has 1 rings (SSSR count). The molecule has 0 aliphatic carbocycles. The molecule has 8 heteroatoms. The molecule has 1 aromatic heterocycles. The summed E-state index contributed by atoms with van der Waals surface area (Å²) >= 11 is 0. The van der Waals surface area contributed by atoms with E-state index in [2.05, 4.69) is 5.10 Å². The van der Waals surface area contributed by atoms with Gasteiger partial charge in [0.25, 0.3) is 0 Å². The largest absolute Gasteiger partial charge is 0.464 e. The Morgan fingerprint density at radius 3 is 2.55 bits per heavy atom. The number of anilines is 1. The first-order chi connectivity index (χ1) is 9.26. The number of rotatable bonds is 7. The number of aryl methyl sites for hydroxylation is 1. The molecule has 114 valence electrons. The normalized spacial score (nSPS) is 11.6. The summed E-state index contributed by atoms with van der Waals surface area (Å²) in [5, 5.41) is 4.13. The van der Waals surface area contributed by atoms with Gasteiger partial charge in [-0.25, -0.2) is 8.42 Å². The Balaban J connectivity index is 2.39. The zero-order valence-corrected chi connectivity index (χ0v) is 12.9. The molecule has 1 heterocycles. The number of nitrogen functional groups attached to an aromatic ring is 1. The predicted molar refractivity (Wildman–Crippen MR) is 76.0 cm³/mol. The van der Waals surface area contributed by atoms with Crippen molar-refractivity contribution in [3.8, 4) is 0 Å². The third kappa shape index (κ3) is 4.52. The lowest BCUT2D eigenvalue weighted by atomic mass is 10.3. The van der Waals surface area contributed by atoms with E-state index in [1.807, 2.05) is 0 Å². The highest BCUT2D eigenvalue weighted by molar-refractivity contribution is 7.91. The summed E-state index contributed by atoms with van der Waals surface area (Å²) in [7, 11) is -3.01. The van der Waals surface area contributed by atoms with Crippen LogP contribution >= 0.6 is 0 Å². The molecule has 20 heavy (non-hydrogen) atoms. The van der Waals surface area contributed by atoms with E-state index in [9.17, 15) is 13.2 Å². The molecule has 0 aromatic carbocycles. The number of sulfone groups is 1. The summed E-state index contributed by atoms with van der Waals surface area (Å²) in [6, 6.07) is 0. The summed E-state index contributed by atoms with van der Waals surface area (Å²) in [5.74, 6) is -0.320. The number of carbonyl (C=O) groups is 1. The van der Waals surface area contributed by atoms with E-state index < -0.39 is 15.8 Å². The third-order valence-electron chi connectivity index (χ3n) is 3.02. The maximum absolute atomic E-state index is 11.6. The van der Waals surface area contributed by atoms with Gasteiger partial charge in [0.05, 0.1) is 29.4 Å². The van der Waals surface area contributed by atoms with Crippen molar-refractivity contribution >= 4 is 21.5 Å². The second-order valence-electron chi connectivity index (χ2n) is 4.55. The number of ether oxygens (including phenoxy) is 1. The first-order valence-corrected chi connectivity index (χ1v) is 8.24. The van der Waals surface area contributed by atoms with Crippen LogP contribution in [0, 0.1) is 13.8 Å². The van der Waals surface area contributed by atoms with Crippen LogP contribution in [0.1, 0.15) is 24.7 Å². The van der Waals surface area contributed by atoms with E-state index in [4.69, 9.17) is 10.5 Å². The van der Waals surface area contributed by atoms with Crippen LogP contribution in [0.4, 0.5) is 5.69 Å². The molecule has 1 aromatic rings. The SMILES string of the molecule is CCS(=O)(=O)CCCOC(=O)Cn1nc(C)c(N)c1C. The molecular weight excluding hydrogens is 282 g/mol. The molecule has 0 saturated carbocycles. The third-order valence-corrected chi connectivity index (χ3v) is 4.81. The summed E-state index contributed by atoms with van der Waals surface area (Å²) in [6.45, 7) is 5.20. The quantitative estimate of drug-likeness (QED) is 0.579. The number of esters is 1. The van der Waals surface area contributed by atoms with Gasteiger partial charge in [0, 0.05) is 5.75 Å². The van der Waals surface area contributed by atoms with Crippen molar-refractivity contribution in [3.63, 3.8) is 0 Å². The highest BCUT2D eigenvalue weighted by Crippen LogP contribution is 2.14. The fourth-order valence-corrected chi connectivity index (χ4v) is 2.49. The van der Waals surface area contributed by atoms with Gasteiger partial charge in [-0.15, -0.1) is 0 Å². The minimum absolute atomic E-state index is 0.0234.